The highest BCUT2D eigenvalue weighted by Crippen LogP contribution is 2.11. The van der Waals surface area contributed by atoms with E-state index >= 15 is 0 Å². The molecule has 1 rings (SSSR count). The molecule has 1 saturated heterocycles. The van der Waals surface area contributed by atoms with Gasteiger partial charge in [-0.25, -0.2) is 4.79 Å². The first kappa shape index (κ1) is 17.8. The molecule has 1 aliphatic heterocycles. The van der Waals surface area contributed by atoms with Crippen molar-refractivity contribution in [3.63, 3.8) is 0 Å². The average molecular weight is 299 g/mol. The van der Waals surface area contributed by atoms with Crippen molar-refractivity contribution in [1.82, 2.24) is 15.5 Å². The Hall–Kier alpha value is -1.30. The largest absolute Gasteiger partial charge is 0.444 e. The molecule has 6 nitrogen and oxygen atoms in total. The Morgan fingerprint density at radius 1 is 1.10 bits per heavy atom. The molecule has 1 aliphatic rings. The van der Waals surface area contributed by atoms with Crippen LogP contribution in [0.15, 0.2) is 0 Å². The Balaban J connectivity index is 2.56. The van der Waals surface area contributed by atoms with Crippen LogP contribution in [0.2, 0.25) is 0 Å². The summed E-state index contributed by atoms with van der Waals surface area (Å²) in [7, 11) is 0. The predicted octanol–water partition coefficient (Wildman–Crippen LogP) is 1.50. The second-order valence-corrected chi connectivity index (χ2v) is 6.38. The minimum absolute atomic E-state index is 0.0113. The van der Waals surface area contributed by atoms with Gasteiger partial charge in [0.25, 0.3) is 0 Å². The van der Waals surface area contributed by atoms with E-state index in [-0.39, 0.29) is 12.0 Å². The van der Waals surface area contributed by atoms with Crippen LogP contribution >= 0.6 is 0 Å². The Morgan fingerprint density at radius 3 is 2.52 bits per heavy atom. The third-order valence-electron chi connectivity index (χ3n) is 3.14. The lowest BCUT2D eigenvalue weighted by Crippen LogP contribution is -2.39. The van der Waals surface area contributed by atoms with Crippen molar-refractivity contribution in [3.8, 4) is 0 Å². The molecule has 0 aromatic heterocycles. The molecule has 1 heterocycles. The lowest BCUT2D eigenvalue weighted by molar-refractivity contribution is -0.121. The van der Waals surface area contributed by atoms with Gasteiger partial charge in [-0.05, 0) is 53.1 Å². The fraction of sp³-hybridized carbons (Fsp3) is 0.867. The number of carbonyl (C=O) groups is 2. The van der Waals surface area contributed by atoms with Crippen molar-refractivity contribution >= 4 is 12.0 Å². The second kappa shape index (κ2) is 8.87. The molecule has 21 heavy (non-hydrogen) atoms. The van der Waals surface area contributed by atoms with Crippen molar-refractivity contribution < 1.29 is 14.3 Å². The maximum Gasteiger partial charge on any atom is 0.410 e. The fourth-order valence-corrected chi connectivity index (χ4v) is 2.06. The van der Waals surface area contributed by atoms with E-state index in [1.807, 2.05) is 20.8 Å². The highest BCUT2D eigenvalue weighted by molar-refractivity contribution is 5.77. The molecule has 0 radical (unpaired) electrons. The Kier molecular flexibility index (Phi) is 7.50. The van der Waals surface area contributed by atoms with Crippen molar-refractivity contribution in [2.75, 3.05) is 32.7 Å². The smallest absolute Gasteiger partial charge is 0.410 e. The number of nitrogens with zero attached hydrogens (tertiary/aromatic N) is 1. The van der Waals surface area contributed by atoms with E-state index in [4.69, 9.17) is 4.74 Å². The maximum absolute atomic E-state index is 12.2. The molecular weight excluding hydrogens is 270 g/mol. The molecular formula is C15H29N3O3. The summed E-state index contributed by atoms with van der Waals surface area (Å²) in [5, 5.41) is 6.21. The fourth-order valence-electron chi connectivity index (χ4n) is 2.06. The molecule has 0 aliphatic carbocycles. The molecule has 0 aromatic rings. The second-order valence-electron chi connectivity index (χ2n) is 6.38. The van der Waals surface area contributed by atoms with Crippen LogP contribution < -0.4 is 10.6 Å². The van der Waals surface area contributed by atoms with E-state index in [1.54, 1.807) is 4.90 Å². The van der Waals surface area contributed by atoms with E-state index in [9.17, 15) is 9.59 Å². The van der Waals surface area contributed by atoms with Gasteiger partial charge in [-0.3, -0.25) is 4.79 Å². The van der Waals surface area contributed by atoms with Crippen LogP contribution in [0.1, 0.15) is 46.5 Å². The molecule has 122 valence electrons. The molecule has 0 atom stereocenters. The Labute approximate surface area is 127 Å². The van der Waals surface area contributed by atoms with Gasteiger partial charge in [0.05, 0.1) is 0 Å². The molecule has 2 amide bonds. The number of hydrogen-bond acceptors (Lipinski definition) is 4. The summed E-state index contributed by atoms with van der Waals surface area (Å²) >= 11 is 0. The van der Waals surface area contributed by atoms with Gasteiger partial charge in [0.15, 0.2) is 0 Å². The standard InChI is InChI=1S/C15H29N3O3/c1-15(2,3)21-14(20)18-11-5-4-8-16-9-6-10-17-13(19)7-12-18/h16H,4-12H2,1-3H3,(H,17,19). The lowest BCUT2D eigenvalue weighted by Gasteiger charge is -2.27. The molecule has 0 unspecified atom stereocenters. The van der Waals surface area contributed by atoms with E-state index in [0.29, 0.717) is 26.1 Å². The van der Waals surface area contributed by atoms with Crippen LogP contribution in [0.4, 0.5) is 4.79 Å². The van der Waals surface area contributed by atoms with Gasteiger partial charge in [0, 0.05) is 26.1 Å². The number of ether oxygens (including phenoxy) is 1. The van der Waals surface area contributed by atoms with E-state index < -0.39 is 5.60 Å². The van der Waals surface area contributed by atoms with Gasteiger partial charge in [-0.1, -0.05) is 0 Å². The van der Waals surface area contributed by atoms with Crippen molar-refractivity contribution in [1.29, 1.82) is 0 Å². The highest BCUT2D eigenvalue weighted by Gasteiger charge is 2.22. The normalized spacial score (nSPS) is 19.8. The zero-order valence-electron chi connectivity index (χ0n) is 13.5. The molecule has 2 N–H and O–H groups in total. The van der Waals surface area contributed by atoms with Gasteiger partial charge >= 0.3 is 6.09 Å². The zero-order valence-corrected chi connectivity index (χ0v) is 13.5. The van der Waals surface area contributed by atoms with Crippen LogP contribution in [-0.4, -0.2) is 55.2 Å². The van der Waals surface area contributed by atoms with Crippen molar-refractivity contribution in [3.05, 3.63) is 0 Å². The van der Waals surface area contributed by atoms with E-state index in [1.165, 1.54) is 0 Å². The first-order chi connectivity index (χ1) is 9.88. The van der Waals surface area contributed by atoms with Gasteiger partial charge in [-0.15, -0.1) is 0 Å². The molecule has 0 saturated carbocycles. The highest BCUT2D eigenvalue weighted by atomic mass is 16.6. The minimum Gasteiger partial charge on any atom is -0.444 e. The van der Waals surface area contributed by atoms with Gasteiger partial charge in [0.2, 0.25) is 5.91 Å². The van der Waals surface area contributed by atoms with E-state index in [2.05, 4.69) is 10.6 Å². The number of rotatable bonds is 0. The molecule has 6 heteroatoms. The quantitative estimate of drug-likeness (QED) is 0.711. The topological polar surface area (TPSA) is 70.7 Å². The van der Waals surface area contributed by atoms with Crippen molar-refractivity contribution in [2.24, 2.45) is 0 Å². The summed E-state index contributed by atoms with van der Waals surface area (Å²) in [6.07, 6.45) is 2.85. The summed E-state index contributed by atoms with van der Waals surface area (Å²) in [6.45, 7) is 9.12. The summed E-state index contributed by atoms with van der Waals surface area (Å²) in [5.41, 5.74) is -0.512. The average Bonchev–Trinajstić information content (AvgIpc) is 2.39. The first-order valence-corrected chi connectivity index (χ1v) is 7.84. The summed E-state index contributed by atoms with van der Waals surface area (Å²) < 4.78 is 5.40. The van der Waals surface area contributed by atoms with Crippen LogP contribution in [0, 0.1) is 0 Å². The number of amides is 2. The van der Waals surface area contributed by atoms with Gasteiger partial charge in [0.1, 0.15) is 5.60 Å². The summed E-state index contributed by atoms with van der Waals surface area (Å²) in [5.74, 6) is -0.0113. The van der Waals surface area contributed by atoms with Crippen LogP contribution in [0.25, 0.3) is 0 Å². The van der Waals surface area contributed by atoms with Crippen molar-refractivity contribution in [2.45, 2.75) is 52.1 Å². The van der Waals surface area contributed by atoms with E-state index in [0.717, 1.165) is 32.4 Å². The number of nitrogens with one attached hydrogen (secondary N) is 2. The third kappa shape index (κ3) is 8.55. The van der Waals surface area contributed by atoms with Crippen LogP contribution in [0.3, 0.4) is 0 Å². The molecule has 0 aromatic carbocycles. The van der Waals surface area contributed by atoms with Crippen LogP contribution in [0.5, 0.6) is 0 Å². The Bertz CT molecular complexity index is 340. The predicted molar refractivity (Wildman–Crippen MR) is 82.2 cm³/mol. The molecule has 0 spiro atoms. The Morgan fingerprint density at radius 2 is 1.81 bits per heavy atom. The van der Waals surface area contributed by atoms with Gasteiger partial charge in [-0.2, -0.15) is 0 Å². The minimum atomic E-state index is -0.512. The van der Waals surface area contributed by atoms with Crippen LogP contribution in [-0.2, 0) is 9.53 Å². The summed E-state index contributed by atoms with van der Waals surface area (Å²) in [4.78, 5) is 25.5. The number of hydrogen-bond donors (Lipinski definition) is 2. The molecule has 0 bridgehead atoms. The first-order valence-electron chi connectivity index (χ1n) is 7.84. The number of carbonyl (C=O) groups excluding carboxylic acids is 2. The lowest BCUT2D eigenvalue weighted by atomic mass is 10.2. The summed E-state index contributed by atoms with van der Waals surface area (Å²) in [6, 6.07) is 0. The monoisotopic (exact) mass is 299 g/mol. The SMILES string of the molecule is CC(C)(C)OC(=O)N1CCCCNCCCNC(=O)CC1. The third-order valence-corrected chi connectivity index (χ3v) is 3.14. The maximum atomic E-state index is 12.2. The zero-order chi connectivity index (χ0) is 15.7. The molecule has 1 fully saturated rings. The van der Waals surface area contributed by atoms with Gasteiger partial charge < -0.3 is 20.3 Å².